The molecule has 0 heterocycles. The van der Waals surface area contributed by atoms with Crippen molar-refractivity contribution in [2.75, 3.05) is 26.2 Å². The lowest BCUT2D eigenvalue weighted by Gasteiger charge is -2.17. The first-order chi connectivity index (χ1) is 12.6. The fourth-order valence-corrected chi connectivity index (χ4v) is 3.69. The van der Waals surface area contributed by atoms with Crippen molar-refractivity contribution in [2.24, 2.45) is 0 Å². The molecule has 0 aromatic heterocycles. The van der Waals surface area contributed by atoms with Crippen molar-refractivity contribution >= 4 is 29.3 Å². The molecule has 0 saturated carbocycles. The average Bonchev–Trinajstić information content (AvgIpc) is 2.61. The van der Waals surface area contributed by atoms with E-state index in [9.17, 15) is 4.79 Å². The molecule has 0 atom stereocenters. The molecule has 0 bridgehead atoms. The van der Waals surface area contributed by atoms with E-state index in [1.54, 1.807) is 11.8 Å². The topological polar surface area (TPSA) is 49.8 Å². The van der Waals surface area contributed by atoms with Gasteiger partial charge in [-0.15, -0.1) is 0 Å². The molecule has 0 aliphatic rings. The highest BCUT2D eigenvalue weighted by Gasteiger charge is 2.08. The van der Waals surface area contributed by atoms with E-state index >= 15 is 0 Å². The molecule has 0 radical (unpaired) electrons. The minimum atomic E-state index is -0.782. The number of unbranched alkanes of at least 4 members (excludes halogenated alkanes) is 1. The fourth-order valence-electron chi connectivity index (χ4n) is 2.47. The number of para-hydroxylation sites is 1. The maximum Gasteiger partial charge on any atom is 0.317 e. The number of rotatable bonds is 11. The van der Waals surface area contributed by atoms with E-state index in [0.717, 1.165) is 46.5 Å². The van der Waals surface area contributed by atoms with Crippen molar-refractivity contribution in [2.45, 2.75) is 29.6 Å². The second-order valence-electron chi connectivity index (χ2n) is 5.82. The predicted octanol–water partition coefficient (Wildman–Crippen LogP) is 5.06. The molecule has 0 amide bonds. The smallest absolute Gasteiger partial charge is 0.317 e. The number of benzene rings is 2. The number of hydrogen-bond donors (Lipinski definition) is 1. The summed E-state index contributed by atoms with van der Waals surface area (Å²) in [6.07, 6.45) is 1.79. The van der Waals surface area contributed by atoms with Gasteiger partial charge in [0.25, 0.3) is 0 Å². The Kier molecular flexibility index (Phi) is 8.81. The van der Waals surface area contributed by atoms with Gasteiger partial charge in [0.05, 0.1) is 18.0 Å². The van der Waals surface area contributed by atoms with E-state index in [2.05, 4.69) is 0 Å². The number of likely N-dealkylation sites (N-methyl/N-ethyl adjacent to an activating group) is 1. The largest absolute Gasteiger partial charge is 0.492 e. The molecule has 2 aromatic carbocycles. The van der Waals surface area contributed by atoms with Crippen molar-refractivity contribution in [1.82, 2.24) is 4.90 Å². The number of carboxylic acids is 1. The van der Waals surface area contributed by atoms with Crippen LogP contribution >= 0.6 is 23.4 Å². The van der Waals surface area contributed by atoms with Crippen LogP contribution in [0.2, 0.25) is 5.02 Å². The van der Waals surface area contributed by atoms with Crippen LogP contribution in [0.15, 0.2) is 58.3 Å². The molecule has 0 aliphatic carbocycles. The molecular weight excluding hydrogens is 370 g/mol. The molecule has 0 saturated heterocycles. The normalized spacial score (nSPS) is 10.9. The minimum absolute atomic E-state index is 0.0937. The van der Waals surface area contributed by atoms with Crippen LogP contribution in [0.5, 0.6) is 5.75 Å². The Morgan fingerprint density at radius 1 is 1.19 bits per heavy atom. The zero-order valence-electron chi connectivity index (χ0n) is 14.9. The van der Waals surface area contributed by atoms with Gasteiger partial charge in [0, 0.05) is 9.92 Å². The Morgan fingerprint density at radius 2 is 2.00 bits per heavy atom. The molecule has 0 unspecified atom stereocenters. The van der Waals surface area contributed by atoms with Gasteiger partial charge in [-0.3, -0.25) is 9.69 Å². The van der Waals surface area contributed by atoms with Crippen LogP contribution in [-0.2, 0) is 4.79 Å². The third kappa shape index (κ3) is 7.28. The van der Waals surface area contributed by atoms with Gasteiger partial charge >= 0.3 is 5.97 Å². The molecular formula is C20H24ClNO3S. The van der Waals surface area contributed by atoms with Crippen molar-refractivity contribution in [1.29, 1.82) is 0 Å². The van der Waals surface area contributed by atoms with Crippen LogP contribution in [0.25, 0.3) is 0 Å². The first-order valence-corrected chi connectivity index (χ1v) is 9.87. The van der Waals surface area contributed by atoms with Gasteiger partial charge in [0.1, 0.15) is 5.75 Å². The van der Waals surface area contributed by atoms with Crippen LogP contribution in [-0.4, -0.2) is 42.2 Å². The number of hydrogen-bond acceptors (Lipinski definition) is 4. The number of carboxylic acid groups (broad SMARTS) is 1. The van der Waals surface area contributed by atoms with Crippen LogP contribution in [0.3, 0.4) is 0 Å². The third-order valence-electron chi connectivity index (χ3n) is 3.81. The van der Waals surface area contributed by atoms with Gasteiger partial charge in [-0.2, -0.15) is 0 Å². The Hall–Kier alpha value is -1.69. The summed E-state index contributed by atoms with van der Waals surface area (Å²) in [7, 11) is 0. The average molecular weight is 394 g/mol. The molecule has 0 fully saturated rings. The molecule has 26 heavy (non-hydrogen) atoms. The zero-order chi connectivity index (χ0) is 18.8. The standard InChI is InChI=1S/C20H24ClNO3S/c1-2-22(15-20(23)24)12-5-6-13-25-18-10-3-4-11-19(18)26-17-9-7-8-16(21)14-17/h3-4,7-11,14H,2,5-6,12-13,15H2,1H3,(H,23,24). The maximum absolute atomic E-state index is 10.8. The van der Waals surface area contributed by atoms with Crippen LogP contribution in [0.4, 0.5) is 0 Å². The molecule has 6 heteroatoms. The fraction of sp³-hybridized carbons (Fsp3) is 0.350. The SMILES string of the molecule is CCN(CCCCOc1ccccc1Sc1cccc(Cl)c1)CC(=O)O. The molecule has 140 valence electrons. The van der Waals surface area contributed by atoms with Crippen molar-refractivity contribution < 1.29 is 14.6 Å². The number of halogens is 1. The summed E-state index contributed by atoms with van der Waals surface area (Å²) in [6, 6.07) is 15.7. The van der Waals surface area contributed by atoms with Gasteiger partial charge in [-0.25, -0.2) is 0 Å². The molecule has 1 N–H and O–H groups in total. The van der Waals surface area contributed by atoms with Gasteiger partial charge < -0.3 is 9.84 Å². The van der Waals surface area contributed by atoms with Crippen molar-refractivity contribution in [3.63, 3.8) is 0 Å². The Balaban J connectivity index is 1.82. The summed E-state index contributed by atoms with van der Waals surface area (Å²) in [5.41, 5.74) is 0. The molecule has 2 rings (SSSR count). The first-order valence-electron chi connectivity index (χ1n) is 8.68. The lowest BCUT2D eigenvalue weighted by molar-refractivity contribution is -0.138. The quantitative estimate of drug-likeness (QED) is 0.541. The summed E-state index contributed by atoms with van der Waals surface area (Å²) in [6.45, 7) is 4.19. The summed E-state index contributed by atoms with van der Waals surface area (Å²) in [5.74, 6) is 0.0745. The lowest BCUT2D eigenvalue weighted by Crippen LogP contribution is -2.30. The third-order valence-corrected chi connectivity index (χ3v) is 5.09. The van der Waals surface area contributed by atoms with E-state index in [4.69, 9.17) is 21.4 Å². The molecule has 0 spiro atoms. The van der Waals surface area contributed by atoms with Crippen molar-refractivity contribution in [3.05, 3.63) is 53.6 Å². The van der Waals surface area contributed by atoms with Gasteiger partial charge in [0.2, 0.25) is 0 Å². The molecule has 4 nitrogen and oxygen atoms in total. The zero-order valence-corrected chi connectivity index (χ0v) is 16.4. The van der Waals surface area contributed by atoms with Gasteiger partial charge in [-0.05, 0) is 56.3 Å². The molecule has 2 aromatic rings. The van der Waals surface area contributed by atoms with E-state index < -0.39 is 5.97 Å². The van der Waals surface area contributed by atoms with Gasteiger partial charge in [0.15, 0.2) is 0 Å². The molecule has 0 aliphatic heterocycles. The van der Waals surface area contributed by atoms with E-state index in [1.807, 2.05) is 60.4 Å². The lowest BCUT2D eigenvalue weighted by atomic mass is 10.3. The number of aliphatic carboxylic acids is 1. The first kappa shape index (κ1) is 20.6. The Labute approximate surface area is 164 Å². The number of carbonyl (C=O) groups is 1. The highest BCUT2D eigenvalue weighted by molar-refractivity contribution is 7.99. The number of ether oxygens (including phenoxy) is 1. The predicted molar refractivity (Wildman–Crippen MR) is 106 cm³/mol. The summed E-state index contributed by atoms with van der Waals surface area (Å²) < 4.78 is 5.95. The second kappa shape index (κ2) is 11.1. The Morgan fingerprint density at radius 3 is 2.73 bits per heavy atom. The van der Waals surface area contributed by atoms with Crippen molar-refractivity contribution in [3.8, 4) is 5.75 Å². The van der Waals surface area contributed by atoms with E-state index in [1.165, 1.54) is 0 Å². The summed E-state index contributed by atoms with van der Waals surface area (Å²) in [4.78, 5) is 14.8. The number of nitrogens with zero attached hydrogens (tertiary/aromatic N) is 1. The van der Waals surface area contributed by atoms with E-state index in [-0.39, 0.29) is 6.54 Å². The second-order valence-corrected chi connectivity index (χ2v) is 7.38. The van der Waals surface area contributed by atoms with Crippen LogP contribution in [0.1, 0.15) is 19.8 Å². The van der Waals surface area contributed by atoms with Gasteiger partial charge in [-0.1, -0.05) is 48.5 Å². The Bertz CT molecular complexity index is 711. The summed E-state index contributed by atoms with van der Waals surface area (Å²) >= 11 is 7.68. The highest BCUT2D eigenvalue weighted by Crippen LogP contribution is 2.35. The highest BCUT2D eigenvalue weighted by atomic mass is 35.5. The van der Waals surface area contributed by atoms with Crippen LogP contribution in [0, 0.1) is 0 Å². The van der Waals surface area contributed by atoms with E-state index in [0.29, 0.717) is 6.61 Å². The summed E-state index contributed by atoms with van der Waals surface area (Å²) in [5, 5.41) is 9.58. The monoisotopic (exact) mass is 393 g/mol. The minimum Gasteiger partial charge on any atom is -0.492 e. The van der Waals surface area contributed by atoms with Crippen LogP contribution < -0.4 is 4.74 Å². The maximum atomic E-state index is 10.8.